The van der Waals surface area contributed by atoms with Gasteiger partial charge in [-0.05, 0) is 36.4 Å². The number of nitrogen functional groups attached to an aromatic ring is 1. The van der Waals surface area contributed by atoms with E-state index in [0.717, 1.165) is 12.1 Å². The van der Waals surface area contributed by atoms with Crippen molar-refractivity contribution in [3.05, 3.63) is 53.1 Å². The molecule has 8 nitrogen and oxygen atoms in total. The number of carbonyl (C=O) groups is 1. The summed E-state index contributed by atoms with van der Waals surface area (Å²) in [6.07, 6.45) is -4.88. The number of carbonyl (C=O) groups excluding carboxylic acids is 1. The minimum atomic E-state index is -4.88. The fourth-order valence-electron chi connectivity index (χ4n) is 2.45. The molecule has 2 aromatic rings. The van der Waals surface area contributed by atoms with Gasteiger partial charge >= 0.3 is 6.18 Å². The summed E-state index contributed by atoms with van der Waals surface area (Å²) in [5.41, 5.74) is 9.36. The maximum atomic E-state index is 13.6. The molecule has 0 aromatic heterocycles. The SMILES string of the molecule is CCS(=O)(=O)Cc1cc(N)ccc1Oc1ccc(C(=O)NC(=N)N)cc1C(F)(F)F. The fourth-order valence-corrected chi connectivity index (χ4v) is 3.35. The summed E-state index contributed by atoms with van der Waals surface area (Å²) in [6, 6.07) is 6.47. The molecule has 0 bridgehead atoms. The van der Waals surface area contributed by atoms with Crippen LogP contribution < -0.4 is 21.5 Å². The summed E-state index contributed by atoms with van der Waals surface area (Å²) in [4.78, 5) is 11.9. The number of hydrogen-bond donors (Lipinski definition) is 4. The number of hydrogen-bond acceptors (Lipinski definition) is 6. The van der Waals surface area contributed by atoms with Gasteiger partial charge in [-0.25, -0.2) is 8.42 Å². The van der Waals surface area contributed by atoms with Gasteiger partial charge in [-0.1, -0.05) is 6.92 Å². The number of nitrogens with one attached hydrogen (secondary N) is 2. The normalized spacial score (nSPS) is 11.7. The third-order valence-electron chi connectivity index (χ3n) is 3.92. The standard InChI is InChI=1S/C18H19F3N4O4S/c1-2-30(27,28)9-11-7-12(22)4-6-14(11)29-15-5-3-10(16(26)25-17(23)24)8-13(15)18(19,20)21/h3-8H,2,9,22H2,1H3,(H4,23,24,25,26). The molecule has 0 aliphatic carbocycles. The molecule has 0 atom stereocenters. The lowest BCUT2D eigenvalue weighted by Gasteiger charge is -2.17. The Morgan fingerprint density at radius 1 is 1.17 bits per heavy atom. The molecule has 0 radical (unpaired) electrons. The van der Waals surface area contributed by atoms with Crippen molar-refractivity contribution in [3.63, 3.8) is 0 Å². The highest BCUT2D eigenvalue weighted by Crippen LogP contribution is 2.40. The Balaban J connectivity index is 2.50. The number of anilines is 1. The molecule has 0 saturated carbocycles. The smallest absolute Gasteiger partial charge is 0.420 e. The third-order valence-corrected chi connectivity index (χ3v) is 5.55. The van der Waals surface area contributed by atoms with Gasteiger partial charge in [0.25, 0.3) is 5.91 Å². The lowest BCUT2D eigenvalue weighted by Crippen LogP contribution is -2.35. The topological polar surface area (TPSA) is 148 Å². The van der Waals surface area contributed by atoms with Crippen molar-refractivity contribution in [1.29, 1.82) is 5.41 Å². The monoisotopic (exact) mass is 444 g/mol. The molecule has 0 unspecified atom stereocenters. The van der Waals surface area contributed by atoms with Crippen molar-refractivity contribution in [2.45, 2.75) is 18.9 Å². The van der Waals surface area contributed by atoms with Gasteiger partial charge in [-0.15, -0.1) is 0 Å². The number of halogens is 3. The van der Waals surface area contributed by atoms with Crippen LogP contribution >= 0.6 is 0 Å². The summed E-state index contributed by atoms with van der Waals surface area (Å²) in [5.74, 6) is -3.12. The molecule has 12 heteroatoms. The number of sulfone groups is 1. The van der Waals surface area contributed by atoms with Gasteiger partial charge in [-0.3, -0.25) is 15.5 Å². The predicted molar refractivity (Wildman–Crippen MR) is 105 cm³/mol. The number of benzene rings is 2. The Hall–Kier alpha value is -3.28. The number of ether oxygens (including phenoxy) is 1. The van der Waals surface area contributed by atoms with Crippen LogP contribution in [0.15, 0.2) is 36.4 Å². The maximum absolute atomic E-state index is 13.6. The molecule has 0 fully saturated rings. The van der Waals surface area contributed by atoms with Gasteiger partial charge in [0.1, 0.15) is 11.5 Å². The number of amides is 1. The zero-order valence-corrected chi connectivity index (χ0v) is 16.5. The first-order valence-corrected chi connectivity index (χ1v) is 10.3. The summed E-state index contributed by atoms with van der Waals surface area (Å²) in [5, 5.41) is 8.90. The van der Waals surface area contributed by atoms with Crippen molar-refractivity contribution in [3.8, 4) is 11.5 Å². The quantitative estimate of drug-likeness (QED) is 0.306. The molecule has 0 spiro atoms. The van der Waals surface area contributed by atoms with E-state index >= 15 is 0 Å². The Kier molecular flexibility index (Phi) is 6.60. The maximum Gasteiger partial charge on any atom is 0.420 e. The minimum Gasteiger partial charge on any atom is -0.456 e. The molecule has 30 heavy (non-hydrogen) atoms. The second-order valence-corrected chi connectivity index (χ2v) is 8.58. The molecule has 0 aliphatic rings. The highest BCUT2D eigenvalue weighted by Gasteiger charge is 2.35. The van der Waals surface area contributed by atoms with Crippen LogP contribution in [0.25, 0.3) is 0 Å². The van der Waals surface area contributed by atoms with Crippen LogP contribution in [0.4, 0.5) is 18.9 Å². The van der Waals surface area contributed by atoms with Crippen LogP contribution in [0, 0.1) is 5.41 Å². The average Bonchev–Trinajstić information content (AvgIpc) is 2.62. The Bertz CT molecular complexity index is 1090. The number of alkyl halides is 3. The highest BCUT2D eigenvalue weighted by molar-refractivity contribution is 7.90. The zero-order valence-electron chi connectivity index (χ0n) is 15.7. The molecule has 0 heterocycles. The zero-order chi connectivity index (χ0) is 22.7. The Labute approximate surface area is 170 Å². The first-order chi connectivity index (χ1) is 13.8. The molecule has 6 N–H and O–H groups in total. The lowest BCUT2D eigenvalue weighted by atomic mass is 10.1. The Morgan fingerprint density at radius 3 is 2.37 bits per heavy atom. The van der Waals surface area contributed by atoms with Gasteiger partial charge in [0.15, 0.2) is 15.8 Å². The molecule has 0 aliphatic heterocycles. The van der Waals surface area contributed by atoms with E-state index in [-0.39, 0.29) is 22.8 Å². The van der Waals surface area contributed by atoms with Crippen molar-refractivity contribution in [2.75, 3.05) is 11.5 Å². The second kappa shape index (κ2) is 8.61. The molecule has 1 amide bonds. The van der Waals surface area contributed by atoms with Crippen LogP contribution in [0.2, 0.25) is 0 Å². The van der Waals surface area contributed by atoms with Gasteiger partial charge in [0, 0.05) is 22.6 Å². The van der Waals surface area contributed by atoms with E-state index in [9.17, 15) is 26.4 Å². The van der Waals surface area contributed by atoms with Gasteiger partial charge in [0.05, 0.1) is 11.3 Å². The summed E-state index contributed by atoms with van der Waals surface area (Å²) < 4.78 is 70.0. The van der Waals surface area contributed by atoms with Crippen molar-refractivity contribution >= 4 is 27.4 Å². The largest absolute Gasteiger partial charge is 0.456 e. The molecule has 2 aromatic carbocycles. The number of guanidine groups is 1. The molecule has 2 rings (SSSR count). The number of nitrogens with two attached hydrogens (primary N) is 2. The lowest BCUT2D eigenvalue weighted by molar-refractivity contribution is -0.138. The molecule has 0 saturated heterocycles. The first kappa shape index (κ1) is 23.0. The number of rotatable bonds is 6. The fraction of sp³-hybridized carbons (Fsp3) is 0.222. The molecular weight excluding hydrogens is 425 g/mol. The predicted octanol–water partition coefficient (Wildman–Crippen LogP) is 2.64. The van der Waals surface area contributed by atoms with Crippen molar-refractivity contribution < 1.29 is 31.1 Å². The van der Waals surface area contributed by atoms with Crippen LogP contribution in [-0.2, 0) is 21.8 Å². The first-order valence-electron chi connectivity index (χ1n) is 8.45. The van der Waals surface area contributed by atoms with E-state index < -0.39 is 50.5 Å². The van der Waals surface area contributed by atoms with E-state index in [1.54, 1.807) is 0 Å². The van der Waals surface area contributed by atoms with Gasteiger partial charge in [-0.2, -0.15) is 13.2 Å². The van der Waals surface area contributed by atoms with Crippen molar-refractivity contribution in [1.82, 2.24) is 5.32 Å². The molecular formula is C18H19F3N4O4S. The summed E-state index contributed by atoms with van der Waals surface area (Å²) in [6.45, 7) is 1.44. The summed E-state index contributed by atoms with van der Waals surface area (Å²) in [7, 11) is -3.51. The Morgan fingerprint density at radius 2 is 1.80 bits per heavy atom. The summed E-state index contributed by atoms with van der Waals surface area (Å²) >= 11 is 0. The van der Waals surface area contributed by atoms with Gasteiger partial charge in [0.2, 0.25) is 0 Å². The minimum absolute atomic E-state index is 0.100. The second-order valence-electron chi connectivity index (χ2n) is 6.22. The van der Waals surface area contributed by atoms with Crippen LogP contribution in [0.3, 0.4) is 0 Å². The van der Waals surface area contributed by atoms with Crippen LogP contribution in [0.1, 0.15) is 28.4 Å². The van der Waals surface area contributed by atoms with Gasteiger partial charge < -0.3 is 16.2 Å². The van der Waals surface area contributed by atoms with Crippen LogP contribution in [-0.4, -0.2) is 26.0 Å². The van der Waals surface area contributed by atoms with E-state index in [1.165, 1.54) is 25.1 Å². The average molecular weight is 444 g/mol. The van der Waals surface area contributed by atoms with Crippen molar-refractivity contribution in [2.24, 2.45) is 5.73 Å². The van der Waals surface area contributed by atoms with Crippen LogP contribution in [0.5, 0.6) is 11.5 Å². The highest BCUT2D eigenvalue weighted by atomic mass is 32.2. The third kappa shape index (κ3) is 5.86. The van der Waals surface area contributed by atoms with E-state index in [2.05, 4.69) is 0 Å². The molecule has 162 valence electrons. The van der Waals surface area contributed by atoms with E-state index in [0.29, 0.717) is 6.07 Å². The van der Waals surface area contributed by atoms with E-state index in [1.807, 2.05) is 5.32 Å². The van der Waals surface area contributed by atoms with E-state index in [4.69, 9.17) is 21.6 Å².